The molecule has 0 radical (unpaired) electrons. The van der Waals surface area contributed by atoms with Crippen molar-refractivity contribution >= 4 is 6.16 Å². The van der Waals surface area contributed by atoms with Crippen molar-refractivity contribution in [3.05, 3.63) is 46.6 Å². The third-order valence-electron chi connectivity index (χ3n) is 6.16. The Hall–Kier alpha value is -2.91. The van der Waals surface area contributed by atoms with Gasteiger partial charge in [-0.25, -0.2) is 4.79 Å². The fourth-order valence-corrected chi connectivity index (χ4v) is 4.10. The molecule has 11 nitrogen and oxygen atoms in total. The second kappa shape index (κ2) is 12.1. The molecule has 1 aromatic carbocycles. The van der Waals surface area contributed by atoms with Crippen LogP contribution < -0.4 is 4.74 Å². The van der Waals surface area contributed by atoms with Gasteiger partial charge in [-0.1, -0.05) is 31.2 Å². The smallest absolute Gasteiger partial charge is 0.435 e. The number of hydrogen-bond acceptors (Lipinski definition) is 10. The van der Waals surface area contributed by atoms with Crippen LogP contribution in [0.4, 0.5) is 18.0 Å². The molecular weight excluding hydrogens is 529 g/mol. The lowest BCUT2D eigenvalue weighted by molar-refractivity contribution is -0.423. The molecule has 5 atom stereocenters. The summed E-state index contributed by atoms with van der Waals surface area (Å²) in [6, 6.07) is 6.05. The number of aliphatic hydroxyl groups is 4. The molecule has 3 rings (SSSR count). The molecule has 0 amide bonds. The van der Waals surface area contributed by atoms with Crippen LogP contribution in [0, 0.1) is 0 Å². The first-order chi connectivity index (χ1) is 18.2. The average molecular weight is 563 g/mol. The number of rotatable bonds is 9. The van der Waals surface area contributed by atoms with Gasteiger partial charge in [0, 0.05) is 12.5 Å². The predicted octanol–water partition coefficient (Wildman–Crippen LogP) is 2.32. The normalized spacial score (nSPS) is 25.5. The van der Waals surface area contributed by atoms with Crippen molar-refractivity contribution in [2.75, 3.05) is 13.2 Å². The Bertz CT molecular complexity index is 1120. The highest BCUT2D eigenvalue weighted by Crippen LogP contribution is 2.41. The Morgan fingerprint density at radius 3 is 2.26 bits per heavy atom. The van der Waals surface area contributed by atoms with E-state index in [1.165, 1.54) is 20.8 Å². The maximum Gasteiger partial charge on any atom is 0.508 e. The third-order valence-corrected chi connectivity index (χ3v) is 6.16. The maximum absolute atomic E-state index is 14.3. The van der Waals surface area contributed by atoms with Gasteiger partial charge in [0.2, 0.25) is 5.88 Å². The van der Waals surface area contributed by atoms with E-state index in [2.05, 4.69) is 9.84 Å². The van der Waals surface area contributed by atoms with Gasteiger partial charge in [-0.05, 0) is 38.3 Å². The lowest BCUT2D eigenvalue weighted by atomic mass is 9.97. The van der Waals surface area contributed by atoms with E-state index in [0.29, 0.717) is 10.2 Å². The molecule has 1 fully saturated rings. The van der Waals surface area contributed by atoms with Crippen molar-refractivity contribution in [3.8, 4) is 5.88 Å². The number of aromatic nitrogens is 2. The van der Waals surface area contributed by atoms with Crippen molar-refractivity contribution in [2.45, 2.75) is 83.1 Å². The first-order valence-electron chi connectivity index (χ1n) is 12.4. The summed E-state index contributed by atoms with van der Waals surface area (Å²) in [5.41, 5.74) is -0.131. The van der Waals surface area contributed by atoms with Crippen molar-refractivity contribution in [1.29, 1.82) is 0 Å². The Balaban J connectivity index is 2.02. The van der Waals surface area contributed by atoms with Crippen molar-refractivity contribution in [2.24, 2.45) is 0 Å². The van der Waals surface area contributed by atoms with Gasteiger partial charge in [-0.3, -0.25) is 4.68 Å². The standard InChI is InChI=1S/C25H33F3N2O9/c1-5-14-7-9-15(10-8-14)11-16-20(24(26,27)28)30(13(3)4)29-22(16)39-25(35)21(33)19(32)18(31)17(38-25)12-37-23(34)36-6-2/h7-10,13,17-19,21,31-33,35H,5-6,11-12H2,1-4H3/t17-,18-,19+,21-,25+/m1/s1. The molecule has 218 valence electrons. The number of benzene rings is 1. The fraction of sp³-hybridized carbons (Fsp3) is 0.600. The zero-order valence-corrected chi connectivity index (χ0v) is 21.9. The summed E-state index contributed by atoms with van der Waals surface area (Å²) in [4.78, 5) is 11.5. The van der Waals surface area contributed by atoms with E-state index in [0.717, 1.165) is 12.0 Å². The van der Waals surface area contributed by atoms with Gasteiger partial charge in [0.1, 0.15) is 30.6 Å². The SMILES string of the molecule is CCOC(=O)OC[C@H]1O[C@](O)(Oc2nn(C(C)C)c(C(F)(F)F)c2Cc2ccc(CC)cc2)[C@H](O)[C@@H](O)[C@@H]1O. The molecule has 4 N–H and O–H groups in total. The molecular formula is C25H33F3N2O9. The van der Waals surface area contributed by atoms with E-state index in [9.17, 15) is 38.4 Å². The number of aryl methyl sites for hydroxylation is 1. The molecule has 0 saturated carbocycles. The molecule has 0 spiro atoms. The molecule has 39 heavy (non-hydrogen) atoms. The minimum atomic E-state index is -4.88. The molecule has 0 unspecified atom stereocenters. The summed E-state index contributed by atoms with van der Waals surface area (Å²) in [6.07, 6.45) is -13.6. The third kappa shape index (κ3) is 6.81. The predicted molar refractivity (Wildman–Crippen MR) is 128 cm³/mol. The lowest BCUT2D eigenvalue weighted by Crippen LogP contribution is -2.67. The molecule has 0 bridgehead atoms. The summed E-state index contributed by atoms with van der Waals surface area (Å²) in [5, 5.41) is 46.1. The molecule has 2 aromatic rings. The van der Waals surface area contributed by atoms with E-state index in [1.807, 2.05) is 6.92 Å². The van der Waals surface area contributed by atoms with E-state index in [1.54, 1.807) is 24.3 Å². The quantitative estimate of drug-likeness (QED) is 0.265. The molecule has 0 aliphatic carbocycles. The monoisotopic (exact) mass is 562 g/mol. The van der Waals surface area contributed by atoms with Crippen molar-refractivity contribution in [1.82, 2.24) is 9.78 Å². The van der Waals surface area contributed by atoms with E-state index in [4.69, 9.17) is 14.2 Å². The summed E-state index contributed by atoms with van der Waals surface area (Å²) in [6.45, 7) is 5.61. The topological polar surface area (TPSA) is 153 Å². The van der Waals surface area contributed by atoms with Gasteiger partial charge >= 0.3 is 18.3 Å². The highest BCUT2D eigenvalue weighted by molar-refractivity contribution is 5.59. The van der Waals surface area contributed by atoms with Crippen LogP contribution in [0.2, 0.25) is 0 Å². The second-order valence-electron chi connectivity index (χ2n) is 9.32. The number of aliphatic hydroxyl groups excluding tert-OH is 3. The largest absolute Gasteiger partial charge is 0.508 e. The molecule has 1 aromatic heterocycles. The van der Waals surface area contributed by atoms with E-state index >= 15 is 0 Å². The van der Waals surface area contributed by atoms with Crippen LogP contribution in [0.1, 0.15) is 56.1 Å². The van der Waals surface area contributed by atoms with Gasteiger partial charge < -0.3 is 39.4 Å². The Morgan fingerprint density at radius 1 is 1.10 bits per heavy atom. The molecule has 1 saturated heterocycles. The van der Waals surface area contributed by atoms with Gasteiger partial charge in [0.05, 0.1) is 12.2 Å². The Morgan fingerprint density at radius 2 is 1.72 bits per heavy atom. The zero-order valence-electron chi connectivity index (χ0n) is 21.9. The lowest BCUT2D eigenvalue weighted by Gasteiger charge is -2.44. The zero-order chi connectivity index (χ0) is 29.1. The minimum absolute atomic E-state index is 0.0225. The number of ether oxygens (including phenoxy) is 4. The number of carbonyl (C=O) groups is 1. The first kappa shape index (κ1) is 30.6. The molecule has 14 heteroatoms. The van der Waals surface area contributed by atoms with Crippen LogP contribution in [-0.2, 0) is 33.2 Å². The van der Waals surface area contributed by atoms with Crippen molar-refractivity contribution in [3.63, 3.8) is 0 Å². The van der Waals surface area contributed by atoms with Gasteiger partial charge in [-0.2, -0.15) is 13.2 Å². The average Bonchev–Trinajstić information content (AvgIpc) is 3.23. The highest BCUT2D eigenvalue weighted by atomic mass is 19.4. The van der Waals surface area contributed by atoms with Gasteiger partial charge in [0.15, 0.2) is 6.10 Å². The van der Waals surface area contributed by atoms with Crippen LogP contribution in [0.25, 0.3) is 0 Å². The Kier molecular flexibility index (Phi) is 9.49. The van der Waals surface area contributed by atoms with Gasteiger partial charge in [0.25, 0.3) is 0 Å². The van der Waals surface area contributed by atoms with Crippen LogP contribution in [-0.4, -0.2) is 80.0 Å². The van der Waals surface area contributed by atoms with Crippen LogP contribution in [0.3, 0.4) is 0 Å². The number of carbonyl (C=O) groups excluding carboxylic acids is 1. The maximum atomic E-state index is 14.3. The van der Waals surface area contributed by atoms with Crippen LogP contribution in [0.15, 0.2) is 24.3 Å². The summed E-state index contributed by atoms with van der Waals surface area (Å²) >= 11 is 0. The van der Waals surface area contributed by atoms with Gasteiger partial charge in [-0.15, -0.1) is 5.10 Å². The summed E-state index contributed by atoms with van der Waals surface area (Å²) in [5.74, 6) is -3.90. The number of nitrogens with zero attached hydrogens (tertiary/aromatic N) is 2. The fourth-order valence-electron chi connectivity index (χ4n) is 4.10. The van der Waals surface area contributed by atoms with Crippen molar-refractivity contribution < 1.29 is 57.3 Å². The Labute approximate surface area is 222 Å². The second-order valence-corrected chi connectivity index (χ2v) is 9.32. The first-order valence-corrected chi connectivity index (χ1v) is 12.4. The minimum Gasteiger partial charge on any atom is -0.435 e. The molecule has 1 aliphatic heterocycles. The number of halogens is 3. The van der Waals surface area contributed by atoms with Crippen LogP contribution >= 0.6 is 0 Å². The van der Waals surface area contributed by atoms with E-state index in [-0.39, 0.29) is 13.0 Å². The van der Waals surface area contributed by atoms with E-state index < -0.39 is 72.5 Å². The molecule has 1 aliphatic rings. The summed E-state index contributed by atoms with van der Waals surface area (Å²) < 4.78 is 63.5. The van der Waals surface area contributed by atoms with Crippen LogP contribution in [0.5, 0.6) is 5.88 Å². The highest BCUT2D eigenvalue weighted by Gasteiger charge is 2.56. The summed E-state index contributed by atoms with van der Waals surface area (Å²) in [7, 11) is 0. The number of alkyl halides is 3. The molecule has 2 heterocycles. The number of hydrogen-bond donors (Lipinski definition) is 4.